The van der Waals surface area contributed by atoms with Crippen molar-refractivity contribution in [1.29, 1.82) is 0 Å². The Bertz CT molecular complexity index is 1050. The van der Waals surface area contributed by atoms with Gasteiger partial charge in [0, 0.05) is 11.8 Å². The highest BCUT2D eigenvalue weighted by Crippen LogP contribution is 2.49. The van der Waals surface area contributed by atoms with E-state index >= 15 is 0 Å². The molecule has 2 aromatic rings. The molecule has 1 saturated carbocycles. The second kappa shape index (κ2) is 10.3. The van der Waals surface area contributed by atoms with Gasteiger partial charge in [0.2, 0.25) is 0 Å². The van der Waals surface area contributed by atoms with E-state index in [0.29, 0.717) is 13.0 Å². The first-order chi connectivity index (χ1) is 16.7. The van der Waals surface area contributed by atoms with E-state index in [9.17, 15) is 9.90 Å². The lowest BCUT2D eigenvalue weighted by Gasteiger charge is -2.34. The summed E-state index contributed by atoms with van der Waals surface area (Å²) in [6.45, 7) is 11.5. The molecular weight excluding hydrogens is 436 g/mol. The van der Waals surface area contributed by atoms with Crippen molar-refractivity contribution in [2.45, 2.75) is 104 Å². The van der Waals surface area contributed by atoms with E-state index in [2.05, 4.69) is 71.0 Å². The van der Waals surface area contributed by atoms with Crippen LogP contribution in [0.5, 0.6) is 5.75 Å². The number of cyclic esters (lactones) is 1. The third-order valence-electron chi connectivity index (χ3n) is 8.75. The molecule has 0 aromatic heterocycles. The van der Waals surface area contributed by atoms with Gasteiger partial charge in [-0.05, 0) is 98.1 Å². The number of carbonyl (C=O) groups excluding carboxylic acids is 1. The molecule has 2 aromatic carbocycles. The highest BCUT2D eigenvalue weighted by molar-refractivity contribution is 5.71. The standard InChI is InChI=1S/C31H42O4/c1-6-31(7-2,24-10-8-23(21(3)18-24)9-14-28(32)30(5)16-17-30)25-11-13-27(22(4)19-25)34-20-26-12-15-29(33)35-26/h8,10-11,13,18-19,26,28,32H,6-7,9,12,14-17,20H2,1-5H3. The van der Waals surface area contributed by atoms with E-state index < -0.39 is 0 Å². The smallest absolute Gasteiger partial charge is 0.306 e. The van der Waals surface area contributed by atoms with Crippen LogP contribution in [0.15, 0.2) is 36.4 Å². The molecule has 2 unspecified atom stereocenters. The number of esters is 1. The average Bonchev–Trinajstić information content (AvgIpc) is 3.47. The summed E-state index contributed by atoms with van der Waals surface area (Å²) in [5, 5.41) is 10.5. The summed E-state index contributed by atoms with van der Waals surface area (Å²) in [4.78, 5) is 11.4. The second-order valence-electron chi connectivity index (χ2n) is 11.1. The molecule has 1 saturated heterocycles. The van der Waals surface area contributed by atoms with Gasteiger partial charge in [0.1, 0.15) is 18.5 Å². The van der Waals surface area contributed by atoms with E-state index in [-0.39, 0.29) is 29.0 Å². The zero-order valence-corrected chi connectivity index (χ0v) is 22.2. The number of aliphatic hydroxyl groups is 1. The van der Waals surface area contributed by atoms with Gasteiger partial charge in [0.25, 0.3) is 0 Å². The van der Waals surface area contributed by atoms with E-state index in [1.807, 2.05) is 0 Å². The minimum absolute atomic E-state index is 0.0609. The van der Waals surface area contributed by atoms with Crippen LogP contribution in [0.2, 0.25) is 0 Å². The summed E-state index contributed by atoms with van der Waals surface area (Å²) in [5.41, 5.74) is 6.51. The lowest BCUT2D eigenvalue weighted by atomic mass is 9.69. The highest BCUT2D eigenvalue weighted by atomic mass is 16.6. The zero-order chi connectivity index (χ0) is 25.2. The van der Waals surface area contributed by atoms with Crippen molar-refractivity contribution >= 4 is 5.97 Å². The summed E-state index contributed by atoms with van der Waals surface area (Å²) >= 11 is 0. The monoisotopic (exact) mass is 478 g/mol. The topological polar surface area (TPSA) is 55.8 Å². The third-order valence-corrected chi connectivity index (χ3v) is 8.75. The molecule has 0 amide bonds. The van der Waals surface area contributed by atoms with Crippen molar-refractivity contribution in [3.63, 3.8) is 0 Å². The highest BCUT2D eigenvalue weighted by Gasteiger charge is 2.43. The number of hydrogen-bond donors (Lipinski definition) is 1. The summed E-state index contributed by atoms with van der Waals surface area (Å²) in [6, 6.07) is 13.5. The van der Waals surface area contributed by atoms with Crippen molar-refractivity contribution in [2.75, 3.05) is 6.61 Å². The number of hydrogen-bond acceptors (Lipinski definition) is 4. The minimum Gasteiger partial charge on any atom is -0.489 e. The first kappa shape index (κ1) is 25.8. The van der Waals surface area contributed by atoms with Gasteiger partial charge >= 0.3 is 5.97 Å². The quantitative estimate of drug-likeness (QED) is 0.370. The van der Waals surface area contributed by atoms with Crippen LogP contribution in [0.25, 0.3) is 0 Å². The summed E-state index contributed by atoms with van der Waals surface area (Å²) in [7, 11) is 0. The van der Waals surface area contributed by atoms with E-state index in [1.54, 1.807) is 0 Å². The predicted octanol–water partition coefficient (Wildman–Crippen LogP) is 6.59. The lowest BCUT2D eigenvalue weighted by molar-refractivity contribution is -0.142. The SMILES string of the molecule is CCC(CC)(c1ccc(CCC(O)C2(C)CC2)c(C)c1)c1ccc(OCC2CCC(=O)O2)c(C)c1. The summed E-state index contributed by atoms with van der Waals surface area (Å²) in [6.07, 6.45) is 6.97. The number of benzene rings is 2. The summed E-state index contributed by atoms with van der Waals surface area (Å²) in [5.74, 6) is 0.725. The molecular formula is C31H42O4. The molecule has 190 valence electrons. The molecule has 1 aliphatic heterocycles. The van der Waals surface area contributed by atoms with Gasteiger partial charge in [-0.25, -0.2) is 0 Å². The molecule has 0 bridgehead atoms. The first-order valence-corrected chi connectivity index (χ1v) is 13.4. The van der Waals surface area contributed by atoms with Crippen LogP contribution in [-0.2, 0) is 21.4 Å². The van der Waals surface area contributed by atoms with Crippen LogP contribution in [0.4, 0.5) is 0 Å². The number of ether oxygens (including phenoxy) is 2. The normalized spacial score (nSPS) is 19.9. The maximum atomic E-state index is 11.4. The number of rotatable bonds is 11. The fourth-order valence-electron chi connectivity index (χ4n) is 5.67. The number of carbonyl (C=O) groups is 1. The van der Waals surface area contributed by atoms with Gasteiger partial charge in [-0.1, -0.05) is 51.1 Å². The van der Waals surface area contributed by atoms with Gasteiger partial charge < -0.3 is 14.6 Å². The Hall–Kier alpha value is -2.33. The Kier molecular flexibility index (Phi) is 7.61. The fourth-order valence-corrected chi connectivity index (χ4v) is 5.67. The Labute approximate surface area is 211 Å². The molecule has 2 atom stereocenters. The van der Waals surface area contributed by atoms with Gasteiger partial charge in [-0.15, -0.1) is 0 Å². The Morgan fingerprint density at radius 1 is 1.09 bits per heavy atom. The molecule has 2 fully saturated rings. The molecule has 0 radical (unpaired) electrons. The maximum Gasteiger partial charge on any atom is 0.306 e. The maximum absolute atomic E-state index is 11.4. The fraction of sp³-hybridized carbons (Fsp3) is 0.581. The van der Waals surface area contributed by atoms with Crippen LogP contribution in [-0.4, -0.2) is 29.9 Å². The van der Waals surface area contributed by atoms with E-state index in [1.165, 1.54) is 22.3 Å². The van der Waals surface area contributed by atoms with Crippen LogP contribution in [0.3, 0.4) is 0 Å². The van der Waals surface area contributed by atoms with Crippen molar-refractivity contribution in [1.82, 2.24) is 0 Å². The molecule has 4 rings (SSSR count). The van der Waals surface area contributed by atoms with Crippen molar-refractivity contribution in [3.05, 3.63) is 64.2 Å². The Morgan fingerprint density at radius 3 is 2.29 bits per heavy atom. The van der Waals surface area contributed by atoms with Crippen LogP contribution < -0.4 is 4.74 Å². The molecule has 35 heavy (non-hydrogen) atoms. The zero-order valence-electron chi connectivity index (χ0n) is 22.2. The predicted molar refractivity (Wildman–Crippen MR) is 140 cm³/mol. The van der Waals surface area contributed by atoms with Crippen molar-refractivity contribution in [2.24, 2.45) is 5.41 Å². The first-order valence-electron chi connectivity index (χ1n) is 13.4. The van der Waals surface area contributed by atoms with Crippen molar-refractivity contribution < 1.29 is 19.4 Å². The molecule has 0 spiro atoms. The van der Waals surface area contributed by atoms with E-state index in [0.717, 1.165) is 56.3 Å². The Morgan fingerprint density at radius 2 is 1.74 bits per heavy atom. The van der Waals surface area contributed by atoms with Crippen LogP contribution in [0.1, 0.15) is 93.5 Å². The molecule has 1 N–H and O–H groups in total. The number of aliphatic hydroxyl groups excluding tert-OH is 1. The van der Waals surface area contributed by atoms with Gasteiger partial charge in [0.05, 0.1) is 6.10 Å². The van der Waals surface area contributed by atoms with Crippen LogP contribution >= 0.6 is 0 Å². The second-order valence-corrected chi connectivity index (χ2v) is 11.1. The molecule has 1 aliphatic carbocycles. The van der Waals surface area contributed by atoms with Crippen LogP contribution in [0, 0.1) is 19.3 Å². The van der Waals surface area contributed by atoms with Gasteiger partial charge in [0.15, 0.2) is 0 Å². The number of aryl methyl sites for hydroxylation is 3. The van der Waals surface area contributed by atoms with E-state index in [4.69, 9.17) is 9.47 Å². The van der Waals surface area contributed by atoms with Gasteiger partial charge in [-0.2, -0.15) is 0 Å². The molecule has 1 heterocycles. The molecule has 4 heteroatoms. The van der Waals surface area contributed by atoms with Crippen molar-refractivity contribution in [3.8, 4) is 5.75 Å². The van der Waals surface area contributed by atoms with Gasteiger partial charge in [-0.3, -0.25) is 4.79 Å². The lowest BCUT2D eigenvalue weighted by Crippen LogP contribution is -2.26. The summed E-state index contributed by atoms with van der Waals surface area (Å²) < 4.78 is 11.3. The average molecular weight is 479 g/mol. The molecule has 4 nitrogen and oxygen atoms in total. The largest absolute Gasteiger partial charge is 0.489 e. The molecule has 2 aliphatic rings. The minimum atomic E-state index is -0.198. The Balaban J connectivity index is 1.50. The third kappa shape index (κ3) is 5.43.